The number of aryl methyl sites for hydroxylation is 2. The van der Waals surface area contributed by atoms with Crippen LogP contribution in [-0.2, 0) is 6.54 Å². The highest BCUT2D eigenvalue weighted by molar-refractivity contribution is 5.74. The standard InChI is InChI=1S/C19H22N2O3/c1-12-6-13(2)8-16(7-12)14(3)21-19(22)20-10-15-4-5-17-18(9-15)24-11-23-17/h4-9,14H,10-11H2,1-3H3,(H2,20,21,22). The number of hydrogen-bond acceptors (Lipinski definition) is 3. The molecule has 5 nitrogen and oxygen atoms in total. The van der Waals surface area contributed by atoms with Crippen molar-refractivity contribution in [2.24, 2.45) is 0 Å². The largest absolute Gasteiger partial charge is 0.454 e. The number of carbonyl (C=O) groups is 1. The Kier molecular flexibility index (Phi) is 4.60. The maximum Gasteiger partial charge on any atom is 0.315 e. The van der Waals surface area contributed by atoms with Gasteiger partial charge in [0.1, 0.15) is 0 Å². The van der Waals surface area contributed by atoms with Crippen LogP contribution in [0.4, 0.5) is 4.79 Å². The van der Waals surface area contributed by atoms with Crippen LogP contribution in [0.3, 0.4) is 0 Å². The Labute approximate surface area is 142 Å². The summed E-state index contributed by atoms with van der Waals surface area (Å²) in [6.07, 6.45) is 0. The Balaban J connectivity index is 1.55. The lowest BCUT2D eigenvalue weighted by atomic mass is 10.0. The second-order valence-corrected chi connectivity index (χ2v) is 6.16. The van der Waals surface area contributed by atoms with Crippen molar-refractivity contribution < 1.29 is 14.3 Å². The van der Waals surface area contributed by atoms with E-state index in [4.69, 9.17) is 9.47 Å². The molecule has 1 heterocycles. The van der Waals surface area contributed by atoms with Gasteiger partial charge in [-0.25, -0.2) is 4.79 Å². The van der Waals surface area contributed by atoms with Crippen molar-refractivity contribution in [1.82, 2.24) is 10.6 Å². The maximum absolute atomic E-state index is 12.1. The Morgan fingerprint density at radius 3 is 2.54 bits per heavy atom. The van der Waals surface area contributed by atoms with Gasteiger partial charge in [-0.1, -0.05) is 35.4 Å². The summed E-state index contributed by atoms with van der Waals surface area (Å²) in [6, 6.07) is 11.7. The summed E-state index contributed by atoms with van der Waals surface area (Å²) in [5.74, 6) is 1.46. The Bertz CT molecular complexity index is 738. The van der Waals surface area contributed by atoms with E-state index < -0.39 is 0 Å². The summed E-state index contributed by atoms with van der Waals surface area (Å²) in [5.41, 5.74) is 4.46. The summed E-state index contributed by atoms with van der Waals surface area (Å²) >= 11 is 0. The molecule has 0 spiro atoms. The second kappa shape index (κ2) is 6.83. The molecular weight excluding hydrogens is 304 g/mol. The molecule has 1 atom stereocenters. The molecule has 5 heteroatoms. The van der Waals surface area contributed by atoms with Crippen molar-refractivity contribution in [2.75, 3.05) is 6.79 Å². The molecule has 2 amide bonds. The van der Waals surface area contributed by atoms with Crippen LogP contribution in [0.2, 0.25) is 0 Å². The lowest BCUT2D eigenvalue weighted by molar-refractivity contribution is 0.174. The SMILES string of the molecule is Cc1cc(C)cc(C(C)NC(=O)NCc2ccc3c(c2)OCO3)c1. The molecule has 1 unspecified atom stereocenters. The zero-order valence-corrected chi connectivity index (χ0v) is 14.2. The Hall–Kier alpha value is -2.69. The highest BCUT2D eigenvalue weighted by Gasteiger charge is 2.14. The van der Waals surface area contributed by atoms with Crippen molar-refractivity contribution in [3.63, 3.8) is 0 Å². The van der Waals surface area contributed by atoms with E-state index in [1.54, 1.807) is 0 Å². The molecule has 0 aromatic heterocycles. The Morgan fingerprint density at radius 2 is 1.79 bits per heavy atom. The third-order valence-corrected chi connectivity index (χ3v) is 3.98. The quantitative estimate of drug-likeness (QED) is 0.902. The Morgan fingerprint density at radius 1 is 1.08 bits per heavy atom. The molecule has 2 N–H and O–H groups in total. The molecule has 2 aromatic rings. The monoisotopic (exact) mass is 326 g/mol. The first kappa shape index (κ1) is 16.2. The number of nitrogens with one attached hydrogen (secondary N) is 2. The van der Waals surface area contributed by atoms with E-state index in [1.165, 1.54) is 11.1 Å². The molecule has 0 aliphatic carbocycles. The lowest BCUT2D eigenvalue weighted by Gasteiger charge is -2.16. The third-order valence-electron chi connectivity index (χ3n) is 3.98. The van der Waals surface area contributed by atoms with E-state index in [-0.39, 0.29) is 18.9 Å². The average Bonchev–Trinajstić information content (AvgIpc) is 2.99. The van der Waals surface area contributed by atoms with Crippen LogP contribution >= 0.6 is 0 Å². The van der Waals surface area contributed by atoms with E-state index in [0.29, 0.717) is 6.54 Å². The van der Waals surface area contributed by atoms with Crippen LogP contribution in [0, 0.1) is 13.8 Å². The molecule has 0 fully saturated rings. The highest BCUT2D eigenvalue weighted by Crippen LogP contribution is 2.32. The number of carbonyl (C=O) groups excluding carboxylic acids is 1. The van der Waals surface area contributed by atoms with Gasteiger partial charge < -0.3 is 20.1 Å². The van der Waals surface area contributed by atoms with Gasteiger partial charge in [0.05, 0.1) is 6.04 Å². The fourth-order valence-corrected chi connectivity index (χ4v) is 2.82. The number of fused-ring (bicyclic) bond motifs is 1. The number of amides is 2. The van der Waals surface area contributed by atoms with Gasteiger partial charge in [-0.05, 0) is 44.0 Å². The van der Waals surface area contributed by atoms with Gasteiger partial charge >= 0.3 is 6.03 Å². The van der Waals surface area contributed by atoms with Crippen molar-refractivity contribution in [2.45, 2.75) is 33.4 Å². The van der Waals surface area contributed by atoms with E-state index in [9.17, 15) is 4.79 Å². The van der Waals surface area contributed by atoms with Gasteiger partial charge in [-0.3, -0.25) is 0 Å². The van der Waals surface area contributed by atoms with E-state index >= 15 is 0 Å². The number of hydrogen-bond donors (Lipinski definition) is 2. The van der Waals surface area contributed by atoms with Crippen LogP contribution in [-0.4, -0.2) is 12.8 Å². The van der Waals surface area contributed by atoms with Crippen molar-refractivity contribution in [3.05, 3.63) is 58.7 Å². The highest BCUT2D eigenvalue weighted by atomic mass is 16.7. The summed E-state index contributed by atoms with van der Waals surface area (Å²) in [4.78, 5) is 12.1. The molecule has 0 bridgehead atoms. The van der Waals surface area contributed by atoms with Gasteiger partial charge in [-0.2, -0.15) is 0 Å². The predicted molar refractivity (Wildman–Crippen MR) is 92.3 cm³/mol. The molecule has 0 saturated carbocycles. The minimum atomic E-state index is -0.195. The predicted octanol–water partition coefficient (Wildman–Crippen LogP) is 3.59. The first-order valence-corrected chi connectivity index (χ1v) is 8.02. The molecule has 1 aliphatic rings. The van der Waals surface area contributed by atoms with Crippen molar-refractivity contribution in [3.8, 4) is 11.5 Å². The average molecular weight is 326 g/mol. The second-order valence-electron chi connectivity index (χ2n) is 6.16. The van der Waals surface area contributed by atoms with Gasteiger partial charge in [0.2, 0.25) is 6.79 Å². The molecule has 1 aliphatic heterocycles. The maximum atomic E-state index is 12.1. The fourth-order valence-electron chi connectivity index (χ4n) is 2.82. The van der Waals surface area contributed by atoms with E-state index in [2.05, 4.69) is 42.7 Å². The van der Waals surface area contributed by atoms with Crippen LogP contribution in [0.25, 0.3) is 0 Å². The zero-order valence-electron chi connectivity index (χ0n) is 14.2. The smallest absolute Gasteiger partial charge is 0.315 e. The molecule has 3 rings (SSSR count). The van der Waals surface area contributed by atoms with Crippen LogP contribution in [0.1, 0.15) is 35.2 Å². The number of ether oxygens (including phenoxy) is 2. The topological polar surface area (TPSA) is 59.6 Å². The van der Waals surface area contributed by atoms with Crippen LogP contribution < -0.4 is 20.1 Å². The van der Waals surface area contributed by atoms with E-state index in [1.807, 2.05) is 25.1 Å². The van der Waals surface area contributed by atoms with Gasteiger partial charge in [0.15, 0.2) is 11.5 Å². The molecular formula is C19H22N2O3. The zero-order chi connectivity index (χ0) is 17.1. The minimum absolute atomic E-state index is 0.0552. The van der Waals surface area contributed by atoms with E-state index in [0.717, 1.165) is 22.6 Å². The third kappa shape index (κ3) is 3.79. The first-order valence-electron chi connectivity index (χ1n) is 8.02. The minimum Gasteiger partial charge on any atom is -0.454 e. The fraction of sp³-hybridized carbons (Fsp3) is 0.316. The summed E-state index contributed by atoms with van der Waals surface area (Å²) in [5, 5.41) is 5.84. The number of urea groups is 1. The molecule has 24 heavy (non-hydrogen) atoms. The molecule has 0 saturated heterocycles. The summed E-state index contributed by atoms with van der Waals surface area (Å²) < 4.78 is 10.6. The summed E-state index contributed by atoms with van der Waals surface area (Å²) in [6.45, 7) is 6.78. The van der Waals surface area contributed by atoms with Gasteiger partial charge in [0, 0.05) is 6.54 Å². The molecule has 2 aromatic carbocycles. The lowest BCUT2D eigenvalue weighted by Crippen LogP contribution is -2.36. The van der Waals surface area contributed by atoms with Crippen LogP contribution in [0.5, 0.6) is 11.5 Å². The first-order chi connectivity index (χ1) is 11.5. The van der Waals surface area contributed by atoms with Crippen molar-refractivity contribution in [1.29, 1.82) is 0 Å². The number of rotatable bonds is 4. The molecule has 0 radical (unpaired) electrons. The van der Waals surface area contributed by atoms with Crippen LogP contribution in [0.15, 0.2) is 36.4 Å². The van der Waals surface area contributed by atoms with Gasteiger partial charge in [-0.15, -0.1) is 0 Å². The molecule has 126 valence electrons. The normalized spacial score (nSPS) is 13.5. The van der Waals surface area contributed by atoms with Crippen molar-refractivity contribution >= 4 is 6.03 Å². The van der Waals surface area contributed by atoms with Gasteiger partial charge in [0.25, 0.3) is 0 Å². The number of benzene rings is 2. The summed E-state index contributed by atoms with van der Waals surface area (Å²) in [7, 11) is 0.